The number of aromatic nitrogens is 3. The fourth-order valence-corrected chi connectivity index (χ4v) is 7.25. The van der Waals surface area contributed by atoms with Crippen LogP contribution < -0.4 is 0 Å². The van der Waals surface area contributed by atoms with Crippen molar-refractivity contribution in [2.45, 2.75) is 19.3 Å². The number of hydrogen-bond acceptors (Lipinski definition) is 3. The molecule has 0 unspecified atom stereocenters. The van der Waals surface area contributed by atoms with Crippen molar-refractivity contribution in [1.82, 2.24) is 15.0 Å². The molecule has 6 aromatic carbocycles. The molecule has 3 heteroatoms. The molecule has 222 valence electrons. The van der Waals surface area contributed by atoms with Gasteiger partial charge in [-0.15, -0.1) is 0 Å². The highest BCUT2D eigenvalue weighted by Crippen LogP contribution is 2.53. The zero-order chi connectivity index (χ0) is 31.5. The van der Waals surface area contributed by atoms with Crippen LogP contribution in [0.25, 0.3) is 77.8 Å². The maximum atomic E-state index is 5.14. The van der Waals surface area contributed by atoms with E-state index in [0.717, 1.165) is 39.0 Å². The van der Waals surface area contributed by atoms with Gasteiger partial charge in [0.25, 0.3) is 0 Å². The van der Waals surface area contributed by atoms with Crippen molar-refractivity contribution in [2.75, 3.05) is 0 Å². The molecule has 47 heavy (non-hydrogen) atoms. The van der Waals surface area contributed by atoms with E-state index in [9.17, 15) is 0 Å². The van der Waals surface area contributed by atoms with Crippen LogP contribution in [-0.4, -0.2) is 15.0 Å². The number of benzene rings is 6. The standard InChI is InChI=1S/C44H31N3/c1-44(2)37-19-9-18-35(42(37)36-25-29-13-6-7-14-30(29)26-38(36)44)31-15-8-16-33(23-31)40-27-41(47-43(46-40)28-11-4-3-5-12-28)34-20-21-39-32(24-34)17-10-22-45-39/h3-27H,1-2H3. The Labute approximate surface area is 274 Å². The Morgan fingerprint density at radius 1 is 0.447 bits per heavy atom. The normalized spacial score (nSPS) is 13.1. The lowest BCUT2D eigenvalue weighted by Gasteiger charge is -2.22. The van der Waals surface area contributed by atoms with Gasteiger partial charge in [-0.05, 0) is 86.6 Å². The number of fused-ring (bicyclic) bond motifs is 5. The molecule has 2 heterocycles. The maximum Gasteiger partial charge on any atom is 0.160 e. The van der Waals surface area contributed by atoms with Crippen molar-refractivity contribution in [2.24, 2.45) is 0 Å². The van der Waals surface area contributed by atoms with E-state index < -0.39 is 0 Å². The Morgan fingerprint density at radius 2 is 1.13 bits per heavy atom. The average molecular weight is 602 g/mol. The second kappa shape index (κ2) is 10.6. The third kappa shape index (κ3) is 4.54. The summed E-state index contributed by atoms with van der Waals surface area (Å²) >= 11 is 0. The minimum Gasteiger partial charge on any atom is -0.256 e. The van der Waals surface area contributed by atoms with Crippen LogP contribution in [0, 0.1) is 0 Å². The lowest BCUT2D eigenvalue weighted by Crippen LogP contribution is -2.14. The molecule has 0 radical (unpaired) electrons. The molecule has 0 bridgehead atoms. The first-order valence-electron chi connectivity index (χ1n) is 16.1. The fourth-order valence-electron chi connectivity index (χ4n) is 7.25. The monoisotopic (exact) mass is 601 g/mol. The van der Waals surface area contributed by atoms with Crippen LogP contribution in [-0.2, 0) is 5.41 Å². The molecule has 3 nitrogen and oxygen atoms in total. The molecule has 0 N–H and O–H groups in total. The van der Waals surface area contributed by atoms with Crippen molar-refractivity contribution in [3.8, 4) is 56.2 Å². The van der Waals surface area contributed by atoms with Gasteiger partial charge in [0, 0.05) is 33.7 Å². The topological polar surface area (TPSA) is 38.7 Å². The quantitative estimate of drug-likeness (QED) is 0.201. The van der Waals surface area contributed by atoms with Gasteiger partial charge in [-0.1, -0.05) is 117 Å². The SMILES string of the molecule is CC1(C)c2cc3ccccc3cc2-c2c(-c3cccc(-c4cc(-c5ccc6ncccc6c5)nc(-c5ccccc5)n4)c3)cccc21. The molecule has 0 fully saturated rings. The minimum absolute atomic E-state index is 0.0934. The van der Waals surface area contributed by atoms with Crippen LogP contribution in [0.15, 0.2) is 152 Å². The second-order valence-corrected chi connectivity index (χ2v) is 12.9. The van der Waals surface area contributed by atoms with E-state index >= 15 is 0 Å². The van der Waals surface area contributed by atoms with Gasteiger partial charge in [-0.25, -0.2) is 9.97 Å². The molecule has 0 aliphatic heterocycles. The van der Waals surface area contributed by atoms with Crippen LogP contribution >= 0.6 is 0 Å². The Morgan fingerprint density at radius 3 is 1.96 bits per heavy atom. The van der Waals surface area contributed by atoms with Crippen LogP contribution in [0.4, 0.5) is 0 Å². The van der Waals surface area contributed by atoms with Gasteiger partial charge in [-0.3, -0.25) is 4.98 Å². The molecule has 2 aromatic heterocycles. The van der Waals surface area contributed by atoms with E-state index in [-0.39, 0.29) is 5.41 Å². The molecule has 0 saturated carbocycles. The predicted octanol–water partition coefficient (Wildman–Crippen LogP) is 11.2. The maximum absolute atomic E-state index is 5.14. The van der Waals surface area contributed by atoms with Crippen LogP contribution in [0.3, 0.4) is 0 Å². The Bertz CT molecular complexity index is 2490. The summed E-state index contributed by atoms with van der Waals surface area (Å²) in [6, 6.07) is 51.8. The molecule has 1 aliphatic rings. The van der Waals surface area contributed by atoms with Gasteiger partial charge in [-0.2, -0.15) is 0 Å². The number of hydrogen-bond donors (Lipinski definition) is 0. The molecule has 0 saturated heterocycles. The largest absolute Gasteiger partial charge is 0.256 e. The fraction of sp³-hybridized carbons (Fsp3) is 0.0682. The lowest BCUT2D eigenvalue weighted by molar-refractivity contribution is 0.661. The van der Waals surface area contributed by atoms with E-state index in [1.807, 2.05) is 30.5 Å². The summed E-state index contributed by atoms with van der Waals surface area (Å²) in [6.07, 6.45) is 1.83. The van der Waals surface area contributed by atoms with Crippen LogP contribution in [0.5, 0.6) is 0 Å². The van der Waals surface area contributed by atoms with Crippen molar-refractivity contribution in [1.29, 1.82) is 0 Å². The van der Waals surface area contributed by atoms with Gasteiger partial charge >= 0.3 is 0 Å². The minimum atomic E-state index is -0.0934. The van der Waals surface area contributed by atoms with E-state index in [2.05, 4.69) is 140 Å². The first-order valence-corrected chi connectivity index (χ1v) is 16.1. The smallest absolute Gasteiger partial charge is 0.160 e. The number of rotatable bonds is 4. The summed E-state index contributed by atoms with van der Waals surface area (Å²) < 4.78 is 0. The van der Waals surface area contributed by atoms with Crippen molar-refractivity contribution >= 4 is 21.7 Å². The molecule has 0 atom stereocenters. The third-order valence-corrected chi connectivity index (χ3v) is 9.69. The summed E-state index contributed by atoms with van der Waals surface area (Å²) in [4.78, 5) is 14.7. The van der Waals surface area contributed by atoms with Crippen molar-refractivity contribution in [3.05, 3.63) is 163 Å². The highest BCUT2D eigenvalue weighted by molar-refractivity contribution is 5.99. The predicted molar refractivity (Wildman–Crippen MR) is 194 cm³/mol. The molecular formula is C44H31N3. The van der Waals surface area contributed by atoms with Gasteiger partial charge in [0.2, 0.25) is 0 Å². The van der Waals surface area contributed by atoms with Gasteiger partial charge in [0.05, 0.1) is 16.9 Å². The van der Waals surface area contributed by atoms with Gasteiger partial charge in [0.15, 0.2) is 5.82 Å². The van der Waals surface area contributed by atoms with Gasteiger partial charge < -0.3 is 0 Å². The van der Waals surface area contributed by atoms with E-state index in [0.29, 0.717) is 5.82 Å². The molecule has 0 spiro atoms. The summed E-state index contributed by atoms with van der Waals surface area (Å²) in [7, 11) is 0. The van der Waals surface area contributed by atoms with E-state index in [1.165, 1.54) is 44.2 Å². The van der Waals surface area contributed by atoms with E-state index in [4.69, 9.17) is 9.97 Å². The lowest BCUT2D eigenvalue weighted by atomic mass is 9.81. The van der Waals surface area contributed by atoms with Crippen molar-refractivity contribution < 1.29 is 0 Å². The third-order valence-electron chi connectivity index (χ3n) is 9.69. The zero-order valence-electron chi connectivity index (χ0n) is 26.3. The van der Waals surface area contributed by atoms with Crippen LogP contribution in [0.2, 0.25) is 0 Å². The number of nitrogens with zero attached hydrogens (tertiary/aromatic N) is 3. The van der Waals surface area contributed by atoms with Crippen LogP contribution in [0.1, 0.15) is 25.0 Å². The highest BCUT2D eigenvalue weighted by Gasteiger charge is 2.37. The summed E-state index contributed by atoms with van der Waals surface area (Å²) in [5.74, 6) is 0.706. The highest BCUT2D eigenvalue weighted by atomic mass is 14.9. The summed E-state index contributed by atoms with van der Waals surface area (Å²) in [6.45, 7) is 4.70. The average Bonchev–Trinajstić information content (AvgIpc) is 3.36. The first kappa shape index (κ1) is 27.4. The Hall–Kier alpha value is -5.93. The Kier molecular flexibility index (Phi) is 6.16. The first-order chi connectivity index (χ1) is 23.0. The molecular weight excluding hydrogens is 571 g/mol. The van der Waals surface area contributed by atoms with E-state index in [1.54, 1.807) is 0 Å². The zero-order valence-corrected chi connectivity index (χ0v) is 26.3. The second-order valence-electron chi connectivity index (χ2n) is 12.9. The summed E-state index contributed by atoms with van der Waals surface area (Å²) in [5, 5.41) is 3.64. The molecule has 9 rings (SSSR count). The Balaban J connectivity index is 1.21. The van der Waals surface area contributed by atoms with Crippen molar-refractivity contribution in [3.63, 3.8) is 0 Å². The summed E-state index contributed by atoms with van der Waals surface area (Å²) in [5.41, 5.74) is 13.5. The molecule has 0 amide bonds. The molecule has 1 aliphatic carbocycles. The number of pyridine rings is 1. The molecule has 8 aromatic rings. The van der Waals surface area contributed by atoms with Gasteiger partial charge in [0.1, 0.15) is 0 Å².